The van der Waals surface area contributed by atoms with Gasteiger partial charge >= 0.3 is 0 Å². The summed E-state index contributed by atoms with van der Waals surface area (Å²) in [6, 6.07) is 11.7. The molecule has 0 aliphatic rings. The molecule has 1 N–H and O–H groups in total. The molecule has 3 aromatic rings. The number of nitrogens with zero attached hydrogens (tertiary/aromatic N) is 3. The number of anilines is 1. The highest BCUT2D eigenvalue weighted by Crippen LogP contribution is 2.26. The number of hydrogen-bond acceptors (Lipinski definition) is 5. The lowest BCUT2D eigenvalue weighted by atomic mass is 10.2. The fourth-order valence-electron chi connectivity index (χ4n) is 2.09. The van der Waals surface area contributed by atoms with Crippen molar-refractivity contribution in [1.29, 1.82) is 0 Å². The number of rotatable bonds is 5. The largest absolute Gasteiger partial charge is 0.325 e. The van der Waals surface area contributed by atoms with Crippen LogP contribution in [0.25, 0.3) is 10.7 Å². The molecule has 0 saturated carbocycles. The van der Waals surface area contributed by atoms with Crippen molar-refractivity contribution in [1.82, 2.24) is 14.8 Å². The van der Waals surface area contributed by atoms with Crippen LogP contribution in [0.1, 0.15) is 5.56 Å². The van der Waals surface area contributed by atoms with Crippen LogP contribution in [-0.2, 0) is 11.8 Å². The number of para-hydroxylation sites is 1. The second-order valence-corrected chi connectivity index (χ2v) is 6.88. The Morgan fingerprint density at radius 1 is 1.26 bits per heavy atom. The van der Waals surface area contributed by atoms with Crippen molar-refractivity contribution in [2.24, 2.45) is 7.05 Å². The minimum atomic E-state index is -0.0510. The number of thioether (sulfide) groups is 1. The second-order valence-electron chi connectivity index (χ2n) is 4.99. The maximum atomic E-state index is 12.1. The number of aryl methyl sites for hydroxylation is 1. The van der Waals surface area contributed by atoms with Gasteiger partial charge in [0.15, 0.2) is 11.0 Å². The molecule has 3 rings (SSSR count). The highest BCUT2D eigenvalue weighted by Gasteiger charge is 2.13. The fraction of sp³-hybridized carbons (Fsp3) is 0.188. The molecule has 1 aromatic carbocycles. The zero-order valence-corrected chi connectivity index (χ0v) is 14.4. The zero-order valence-electron chi connectivity index (χ0n) is 12.8. The van der Waals surface area contributed by atoms with Gasteiger partial charge in [0, 0.05) is 12.7 Å². The average Bonchev–Trinajstić information content (AvgIpc) is 3.17. The van der Waals surface area contributed by atoms with E-state index in [1.54, 1.807) is 11.3 Å². The van der Waals surface area contributed by atoms with Gasteiger partial charge in [-0.2, -0.15) is 0 Å². The first kappa shape index (κ1) is 15.8. The van der Waals surface area contributed by atoms with Gasteiger partial charge in [-0.3, -0.25) is 4.79 Å². The van der Waals surface area contributed by atoms with Crippen molar-refractivity contribution in [3.05, 3.63) is 47.3 Å². The predicted molar refractivity (Wildman–Crippen MR) is 94.8 cm³/mol. The smallest absolute Gasteiger partial charge is 0.234 e. The van der Waals surface area contributed by atoms with Gasteiger partial charge in [0.05, 0.1) is 10.6 Å². The SMILES string of the molecule is Cc1ccccc1NC(=O)CSc1nnc(-c2cccs2)n1C. The normalized spacial score (nSPS) is 10.7. The number of aromatic nitrogens is 3. The topological polar surface area (TPSA) is 59.8 Å². The summed E-state index contributed by atoms with van der Waals surface area (Å²) in [5.41, 5.74) is 1.89. The van der Waals surface area contributed by atoms with E-state index in [2.05, 4.69) is 15.5 Å². The molecule has 0 atom stereocenters. The van der Waals surface area contributed by atoms with Crippen LogP contribution in [-0.4, -0.2) is 26.4 Å². The average molecular weight is 344 g/mol. The Bertz CT molecular complexity index is 811. The van der Waals surface area contributed by atoms with E-state index in [-0.39, 0.29) is 5.91 Å². The Hall–Kier alpha value is -2.12. The maximum Gasteiger partial charge on any atom is 0.234 e. The van der Waals surface area contributed by atoms with E-state index >= 15 is 0 Å². The number of carbonyl (C=O) groups excluding carboxylic acids is 1. The van der Waals surface area contributed by atoms with Crippen molar-refractivity contribution in [2.75, 3.05) is 11.1 Å². The Kier molecular flexibility index (Phi) is 4.78. The third-order valence-corrected chi connectivity index (χ3v) is 5.21. The molecule has 2 heterocycles. The summed E-state index contributed by atoms with van der Waals surface area (Å²) < 4.78 is 1.91. The number of thiophene rings is 1. The quantitative estimate of drug-likeness (QED) is 0.719. The van der Waals surface area contributed by atoms with E-state index in [4.69, 9.17) is 0 Å². The van der Waals surface area contributed by atoms with Gasteiger partial charge in [-0.25, -0.2) is 0 Å². The first-order chi connectivity index (χ1) is 11.1. The summed E-state index contributed by atoms with van der Waals surface area (Å²) in [7, 11) is 1.91. The zero-order chi connectivity index (χ0) is 16.2. The van der Waals surface area contributed by atoms with Gasteiger partial charge in [-0.15, -0.1) is 21.5 Å². The molecule has 0 spiro atoms. The highest BCUT2D eigenvalue weighted by molar-refractivity contribution is 7.99. The predicted octanol–water partition coefficient (Wildman–Crippen LogP) is 3.58. The van der Waals surface area contributed by atoms with E-state index in [9.17, 15) is 4.79 Å². The van der Waals surface area contributed by atoms with E-state index in [0.29, 0.717) is 5.75 Å². The molecule has 0 aliphatic carbocycles. The van der Waals surface area contributed by atoms with E-state index in [1.807, 2.05) is 60.3 Å². The Labute approximate surface area is 142 Å². The van der Waals surface area contributed by atoms with Crippen molar-refractivity contribution in [3.63, 3.8) is 0 Å². The molecule has 0 unspecified atom stereocenters. The molecule has 118 valence electrons. The lowest BCUT2D eigenvalue weighted by molar-refractivity contribution is -0.113. The molecule has 0 fully saturated rings. The van der Waals surface area contributed by atoms with Crippen molar-refractivity contribution >= 4 is 34.7 Å². The van der Waals surface area contributed by atoms with Crippen LogP contribution < -0.4 is 5.32 Å². The molecule has 1 amide bonds. The van der Waals surface area contributed by atoms with Crippen LogP contribution >= 0.6 is 23.1 Å². The Morgan fingerprint density at radius 3 is 2.83 bits per heavy atom. The number of carbonyl (C=O) groups is 1. The van der Waals surface area contributed by atoms with Gasteiger partial charge < -0.3 is 9.88 Å². The Morgan fingerprint density at radius 2 is 2.09 bits per heavy atom. The molecule has 0 radical (unpaired) electrons. The van der Waals surface area contributed by atoms with E-state index < -0.39 is 0 Å². The third kappa shape index (κ3) is 3.62. The summed E-state index contributed by atoms with van der Waals surface area (Å²) >= 11 is 3.00. The van der Waals surface area contributed by atoms with Crippen LogP contribution in [0.15, 0.2) is 46.9 Å². The molecule has 7 heteroatoms. The summed E-state index contributed by atoms with van der Waals surface area (Å²) in [6.45, 7) is 1.97. The molecule has 0 aliphatic heterocycles. The molecule has 5 nitrogen and oxygen atoms in total. The number of benzene rings is 1. The summed E-state index contributed by atoms with van der Waals surface area (Å²) in [5.74, 6) is 1.07. The minimum absolute atomic E-state index is 0.0510. The molecule has 23 heavy (non-hydrogen) atoms. The summed E-state index contributed by atoms with van der Waals surface area (Å²) in [4.78, 5) is 13.2. The van der Waals surface area contributed by atoms with Crippen molar-refractivity contribution < 1.29 is 4.79 Å². The van der Waals surface area contributed by atoms with Crippen LogP contribution in [0.5, 0.6) is 0 Å². The first-order valence-corrected chi connectivity index (χ1v) is 8.93. The molecule has 0 bridgehead atoms. The van der Waals surface area contributed by atoms with Gasteiger partial charge in [-0.05, 0) is 30.0 Å². The Balaban J connectivity index is 1.63. The van der Waals surface area contributed by atoms with Gasteiger partial charge in [0.2, 0.25) is 5.91 Å². The number of hydrogen-bond donors (Lipinski definition) is 1. The maximum absolute atomic E-state index is 12.1. The summed E-state index contributed by atoms with van der Waals surface area (Å²) in [5, 5.41) is 14.0. The lowest BCUT2D eigenvalue weighted by Gasteiger charge is -2.07. The van der Waals surface area contributed by atoms with Crippen LogP contribution in [0.4, 0.5) is 5.69 Å². The third-order valence-electron chi connectivity index (χ3n) is 3.33. The molecule has 2 aromatic heterocycles. The highest BCUT2D eigenvalue weighted by atomic mass is 32.2. The van der Waals surface area contributed by atoms with Crippen molar-refractivity contribution in [2.45, 2.75) is 12.1 Å². The van der Waals surface area contributed by atoms with E-state index in [1.165, 1.54) is 11.8 Å². The lowest BCUT2D eigenvalue weighted by Crippen LogP contribution is -2.15. The second kappa shape index (κ2) is 6.97. The summed E-state index contributed by atoms with van der Waals surface area (Å²) in [6.07, 6.45) is 0. The first-order valence-electron chi connectivity index (χ1n) is 7.06. The van der Waals surface area contributed by atoms with Crippen LogP contribution in [0.2, 0.25) is 0 Å². The van der Waals surface area contributed by atoms with Gasteiger partial charge in [0.25, 0.3) is 0 Å². The standard InChI is InChI=1S/C16H16N4OS2/c1-11-6-3-4-7-12(11)17-14(21)10-23-16-19-18-15(20(16)2)13-8-5-9-22-13/h3-9H,10H2,1-2H3,(H,17,21). The minimum Gasteiger partial charge on any atom is -0.325 e. The van der Waals surface area contributed by atoms with Crippen molar-refractivity contribution in [3.8, 4) is 10.7 Å². The monoisotopic (exact) mass is 344 g/mol. The van der Waals surface area contributed by atoms with Gasteiger partial charge in [0.1, 0.15) is 0 Å². The molecular formula is C16H16N4OS2. The number of amides is 1. The number of nitrogens with one attached hydrogen (secondary N) is 1. The molecular weight excluding hydrogens is 328 g/mol. The van der Waals surface area contributed by atoms with E-state index in [0.717, 1.165) is 27.1 Å². The van der Waals surface area contributed by atoms with Crippen LogP contribution in [0.3, 0.4) is 0 Å². The van der Waals surface area contributed by atoms with Gasteiger partial charge in [-0.1, -0.05) is 36.0 Å². The fourth-order valence-corrected chi connectivity index (χ4v) is 3.55. The molecule has 0 saturated heterocycles. The van der Waals surface area contributed by atoms with Crippen LogP contribution in [0, 0.1) is 6.92 Å².